The van der Waals surface area contributed by atoms with Crippen LogP contribution in [0.15, 0.2) is 6.33 Å². The van der Waals surface area contributed by atoms with Crippen molar-refractivity contribution < 1.29 is 0 Å². The van der Waals surface area contributed by atoms with Gasteiger partial charge in [0, 0.05) is 6.54 Å². The van der Waals surface area contributed by atoms with Crippen LogP contribution in [0.5, 0.6) is 0 Å². The predicted octanol–water partition coefficient (Wildman–Crippen LogP) is 1.47. The molecule has 0 radical (unpaired) electrons. The maximum atomic E-state index is 5.87. The molecule has 0 aromatic carbocycles. The van der Waals surface area contributed by atoms with E-state index in [4.69, 9.17) is 17.3 Å². The van der Waals surface area contributed by atoms with E-state index in [2.05, 4.69) is 21.9 Å². The van der Waals surface area contributed by atoms with E-state index >= 15 is 0 Å². The van der Waals surface area contributed by atoms with Crippen LogP contribution in [0.3, 0.4) is 0 Å². The molecule has 0 saturated carbocycles. The second kappa shape index (κ2) is 3.42. The van der Waals surface area contributed by atoms with Gasteiger partial charge in [-0.05, 0) is 6.42 Å². The van der Waals surface area contributed by atoms with E-state index in [1.54, 1.807) is 6.33 Å². The Kier molecular flexibility index (Phi) is 2.25. The van der Waals surface area contributed by atoms with Gasteiger partial charge in [0.05, 0.1) is 6.33 Å². The summed E-state index contributed by atoms with van der Waals surface area (Å²) >= 11 is 5.87. The molecule has 0 amide bonds. The van der Waals surface area contributed by atoms with E-state index in [1.165, 1.54) is 0 Å². The lowest BCUT2D eigenvalue weighted by molar-refractivity contribution is 0.691. The molecule has 0 aliphatic carbocycles. The van der Waals surface area contributed by atoms with E-state index in [-0.39, 0.29) is 5.95 Å². The lowest BCUT2D eigenvalue weighted by Gasteiger charge is -2.00. The Bertz CT molecular complexity index is 464. The van der Waals surface area contributed by atoms with Crippen molar-refractivity contribution in [1.82, 2.24) is 19.5 Å². The van der Waals surface area contributed by atoms with Crippen LogP contribution in [0.2, 0.25) is 5.15 Å². The highest BCUT2D eigenvalue weighted by molar-refractivity contribution is 6.33. The minimum absolute atomic E-state index is 0.181. The zero-order valence-electron chi connectivity index (χ0n) is 7.74. The van der Waals surface area contributed by atoms with Crippen LogP contribution in [0, 0.1) is 0 Å². The van der Waals surface area contributed by atoms with Gasteiger partial charge in [0.2, 0.25) is 5.95 Å². The molecule has 0 aliphatic rings. The Morgan fingerprint density at radius 3 is 3.00 bits per heavy atom. The second-order valence-electron chi connectivity index (χ2n) is 2.98. The average molecular weight is 212 g/mol. The maximum Gasteiger partial charge on any atom is 0.223 e. The number of rotatable bonds is 2. The van der Waals surface area contributed by atoms with Gasteiger partial charge in [-0.1, -0.05) is 18.5 Å². The summed E-state index contributed by atoms with van der Waals surface area (Å²) in [6, 6.07) is 0. The van der Waals surface area contributed by atoms with E-state index in [9.17, 15) is 0 Å². The third-order valence-electron chi connectivity index (χ3n) is 1.90. The van der Waals surface area contributed by atoms with Gasteiger partial charge in [-0.2, -0.15) is 9.97 Å². The number of nitrogen functional groups attached to an aromatic ring is 1. The number of aromatic nitrogens is 4. The van der Waals surface area contributed by atoms with Crippen molar-refractivity contribution in [2.75, 3.05) is 5.73 Å². The van der Waals surface area contributed by atoms with Gasteiger partial charge in [0.15, 0.2) is 10.8 Å². The number of halogens is 1. The predicted molar refractivity (Wildman–Crippen MR) is 55.0 cm³/mol. The number of hydrogen-bond donors (Lipinski definition) is 1. The molecule has 0 spiro atoms. The van der Waals surface area contributed by atoms with Crippen molar-refractivity contribution in [3.8, 4) is 0 Å². The molecule has 0 saturated heterocycles. The molecule has 0 bridgehead atoms. The molecule has 5 nitrogen and oxygen atoms in total. The lowest BCUT2D eigenvalue weighted by Crippen LogP contribution is -2.00. The average Bonchev–Trinajstić information content (AvgIpc) is 2.49. The first-order valence-corrected chi connectivity index (χ1v) is 4.74. The van der Waals surface area contributed by atoms with Crippen LogP contribution in [0.1, 0.15) is 13.3 Å². The Balaban J connectivity index is 2.66. The summed E-state index contributed by atoms with van der Waals surface area (Å²) in [7, 11) is 0. The lowest BCUT2D eigenvalue weighted by atomic mass is 10.4. The third kappa shape index (κ3) is 1.39. The molecule has 0 atom stereocenters. The van der Waals surface area contributed by atoms with Crippen LogP contribution in [-0.4, -0.2) is 19.5 Å². The zero-order valence-corrected chi connectivity index (χ0v) is 8.49. The molecule has 2 rings (SSSR count). The maximum absolute atomic E-state index is 5.87. The number of imidazole rings is 1. The van der Waals surface area contributed by atoms with Crippen LogP contribution in [0.25, 0.3) is 11.2 Å². The first-order valence-electron chi connectivity index (χ1n) is 4.36. The fraction of sp³-hybridized carbons (Fsp3) is 0.375. The number of fused-ring (bicyclic) bond motifs is 1. The molecule has 2 N–H and O–H groups in total. The topological polar surface area (TPSA) is 69.6 Å². The monoisotopic (exact) mass is 211 g/mol. The number of anilines is 1. The Morgan fingerprint density at radius 2 is 2.29 bits per heavy atom. The highest BCUT2D eigenvalue weighted by atomic mass is 35.5. The molecular weight excluding hydrogens is 202 g/mol. The SMILES string of the molecule is CCCn1cnc2c(Cl)nc(N)nc21. The van der Waals surface area contributed by atoms with E-state index in [0.29, 0.717) is 16.3 Å². The standard InChI is InChI=1S/C8H10ClN5/c1-2-3-14-4-11-5-6(9)12-8(10)13-7(5)14/h4H,2-3H2,1H3,(H2,10,12,13). The molecule has 14 heavy (non-hydrogen) atoms. The van der Waals surface area contributed by atoms with Crippen molar-refractivity contribution >= 4 is 28.7 Å². The summed E-state index contributed by atoms with van der Waals surface area (Å²) in [6.07, 6.45) is 2.71. The van der Waals surface area contributed by atoms with Crippen LogP contribution in [0.4, 0.5) is 5.95 Å². The van der Waals surface area contributed by atoms with Gasteiger partial charge in [0.1, 0.15) is 5.52 Å². The summed E-state index contributed by atoms with van der Waals surface area (Å²) in [5.41, 5.74) is 6.81. The van der Waals surface area contributed by atoms with Gasteiger partial charge in [-0.15, -0.1) is 0 Å². The van der Waals surface area contributed by atoms with Gasteiger partial charge in [0.25, 0.3) is 0 Å². The number of hydrogen-bond acceptors (Lipinski definition) is 4. The Labute approximate surface area is 85.9 Å². The molecule has 2 aromatic rings. The molecule has 0 unspecified atom stereocenters. The number of nitrogens with two attached hydrogens (primary N) is 1. The second-order valence-corrected chi connectivity index (χ2v) is 3.34. The van der Waals surface area contributed by atoms with Crippen molar-refractivity contribution in [3.63, 3.8) is 0 Å². The fourth-order valence-electron chi connectivity index (χ4n) is 1.33. The highest BCUT2D eigenvalue weighted by Gasteiger charge is 2.09. The first kappa shape index (κ1) is 9.21. The molecule has 74 valence electrons. The molecule has 6 heteroatoms. The minimum Gasteiger partial charge on any atom is -0.368 e. The highest BCUT2D eigenvalue weighted by Crippen LogP contribution is 2.19. The number of aryl methyl sites for hydroxylation is 1. The van der Waals surface area contributed by atoms with Crippen molar-refractivity contribution in [2.24, 2.45) is 0 Å². The largest absolute Gasteiger partial charge is 0.368 e. The van der Waals surface area contributed by atoms with Crippen molar-refractivity contribution in [3.05, 3.63) is 11.5 Å². The smallest absolute Gasteiger partial charge is 0.223 e. The Morgan fingerprint density at radius 1 is 1.50 bits per heavy atom. The molecule has 2 heterocycles. The normalized spacial score (nSPS) is 11.0. The van der Waals surface area contributed by atoms with Gasteiger partial charge >= 0.3 is 0 Å². The van der Waals surface area contributed by atoms with E-state index < -0.39 is 0 Å². The summed E-state index contributed by atoms with van der Waals surface area (Å²) in [4.78, 5) is 12.1. The fourth-order valence-corrected chi connectivity index (χ4v) is 1.55. The summed E-state index contributed by atoms with van der Waals surface area (Å²) in [6.45, 7) is 2.93. The molecule has 0 fully saturated rings. The van der Waals surface area contributed by atoms with Crippen LogP contribution >= 0.6 is 11.6 Å². The third-order valence-corrected chi connectivity index (χ3v) is 2.17. The quantitative estimate of drug-likeness (QED) is 0.764. The zero-order chi connectivity index (χ0) is 10.1. The Hall–Kier alpha value is -1.36. The summed E-state index contributed by atoms with van der Waals surface area (Å²) < 4.78 is 1.92. The van der Waals surface area contributed by atoms with Crippen molar-refractivity contribution in [2.45, 2.75) is 19.9 Å². The van der Waals surface area contributed by atoms with Gasteiger partial charge < -0.3 is 10.3 Å². The molecule has 0 aliphatic heterocycles. The molecule has 2 aromatic heterocycles. The minimum atomic E-state index is 0.181. The first-order chi connectivity index (χ1) is 6.72. The van der Waals surface area contributed by atoms with Crippen LogP contribution in [-0.2, 0) is 6.54 Å². The summed E-state index contributed by atoms with van der Waals surface area (Å²) in [5, 5.41) is 0.308. The molecular formula is C8H10ClN5. The van der Waals surface area contributed by atoms with E-state index in [0.717, 1.165) is 13.0 Å². The van der Waals surface area contributed by atoms with Crippen LogP contribution < -0.4 is 5.73 Å². The number of nitrogens with zero attached hydrogens (tertiary/aromatic N) is 4. The van der Waals surface area contributed by atoms with Gasteiger partial charge in [-0.25, -0.2) is 4.98 Å². The van der Waals surface area contributed by atoms with Crippen molar-refractivity contribution in [1.29, 1.82) is 0 Å². The van der Waals surface area contributed by atoms with Gasteiger partial charge in [-0.3, -0.25) is 0 Å². The summed E-state index contributed by atoms with van der Waals surface area (Å²) in [5.74, 6) is 0.181. The van der Waals surface area contributed by atoms with E-state index in [1.807, 2.05) is 4.57 Å².